The fourth-order valence-electron chi connectivity index (χ4n) is 1.61. The Labute approximate surface area is 113 Å². The van der Waals surface area contributed by atoms with Gasteiger partial charge in [-0.15, -0.1) is 0 Å². The second-order valence-corrected chi connectivity index (χ2v) is 5.48. The Kier molecular flexibility index (Phi) is 4.53. The Morgan fingerprint density at radius 1 is 1.42 bits per heavy atom. The van der Waals surface area contributed by atoms with Crippen molar-refractivity contribution in [1.82, 2.24) is 0 Å². The molecule has 104 valence electrons. The van der Waals surface area contributed by atoms with Gasteiger partial charge in [0.15, 0.2) is 0 Å². The minimum atomic E-state index is -0.521. The van der Waals surface area contributed by atoms with E-state index in [0.717, 1.165) is 11.1 Å². The molecule has 1 aromatic rings. The second-order valence-electron chi connectivity index (χ2n) is 5.48. The molecule has 4 N–H and O–H groups in total. The van der Waals surface area contributed by atoms with Crippen LogP contribution in [0.15, 0.2) is 18.2 Å². The zero-order valence-corrected chi connectivity index (χ0v) is 11.8. The molecule has 0 atom stereocenters. The first-order valence-corrected chi connectivity index (χ1v) is 6.10. The van der Waals surface area contributed by atoms with Crippen LogP contribution in [0.3, 0.4) is 0 Å². The fourth-order valence-corrected chi connectivity index (χ4v) is 1.61. The fraction of sp³-hybridized carbons (Fsp3) is 0.429. The molecule has 5 nitrogen and oxygen atoms in total. The highest BCUT2D eigenvalue weighted by Crippen LogP contribution is 2.18. The van der Waals surface area contributed by atoms with E-state index in [0.29, 0.717) is 12.1 Å². The van der Waals surface area contributed by atoms with Gasteiger partial charge in [0, 0.05) is 12.1 Å². The Hall–Kier alpha value is -2.04. The quantitative estimate of drug-likeness (QED) is 0.578. The molecule has 19 heavy (non-hydrogen) atoms. The maximum atomic E-state index is 11.7. The van der Waals surface area contributed by atoms with Crippen LogP contribution in [0.4, 0.5) is 10.5 Å². The molecule has 1 amide bonds. The topological polar surface area (TPSA) is 88.2 Å². The Morgan fingerprint density at radius 3 is 2.53 bits per heavy atom. The SMILES string of the molecule is Cc1cc(CC(=N)N)ccc1NC(=O)OC(C)(C)C. The largest absolute Gasteiger partial charge is 0.444 e. The lowest BCUT2D eigenvalue weighted by molar-refractivity contribution is 0.0636. The third-order valence-corrected chi connectivity index (χ3v) is 2.32. The number of hydrogen-bond donors (Lipinski definition) is 3. The van der Waals surface area contributed by atoms with Crippen LogP contribution < -0.4 is 11.1 Å². The van der Waals surface area contributed by atoms with E-state index in [1.54, 1.807) is 6.07 Å². The van der Waals surface area contributed by atoms with Crippen LogP contribution in [0.25, 0.3) is 0 Å². The first kappa shape index (κ1) is 15.0. The average Bonchev–Trinajstić information content (AvgIpc) is 2.18. The van der Waals surface area contributed by atoms with Gasteiger partial charge in [-0.1, -0.05) is 12.1 Å². The van der Waals surface area contributed by atoms with Crippen LogP contribution in [0.2, 0.25) is 0 Å². The zero-order valence-electron chi connectivity index (χ0n) is 11.8. The van der Waals surface area contributed by atoms with E-state index >= 15 is 0 Å². The minimum absolute atomic E-state index is 0.118. The maximum Gasteiger partial charge on any atom is 0.412 e. The number of amidine groups is 1. The van der Waals surface area contributed by atoms with Crippen molar-refractivity contribution in [2.45, 2.75) is 39.7 Å². The first-order valence-electron chi connectivity index (χ1n) is 6.10. The zero-order chi connectivity index (χ0) is 14.6. The highest BCUT2D eigenvalue weighted by atomic mass is 16.6. The number of aryl methyl sites for hydroxylation is 1. The van der Waals surface area contributed by atoms with Gasteiger partial charge in [-0.05, 0) is 44.9 Å². The Balaban J connectivity index is 2.75. The predicted molar refractivity (Wildman–Crippen MR) is 76.7 cm³/mol. The summed E-state index contributed by atoms with van der Waals surface area (Å²) in [6.45, 7) is 7.33. The second kappa shape index (κ2) is 5.73. The molecule has 0 saturated carbocycles. The number of carbonyl (C=O) groups excluding carboxylic acids is 1. The van der Waals surface area contributed by atoms with Crippen molar-refractivity contribution >= 4 is 17.6 Å². The van der Waals surface area contributed by atoms with Crippen molar-refractivity contribution in [3.63, 3.8) is 0 Å². The van der Waals surface area contributed by atoms with Gasteiger partial charge >= 0.3 is 6.09 Å². The highest BCUT2D eigenvalue weighted by molar-refractivity contribution is 5.86. The van der Waals surface area contributed by atoms with Crippen LogP contribution in [0.5, 0.6) is 0 Å². The van der Waals surface area contributed by atoms with E-state index in [9.17, 15) is 4.79 Å². The Bertz CT molecular complexity index is 490. The molecule has 0 unspecified atom stereocenters. The van der Waals surface area contributed by atoms with Crippen molar-refractivity contribution in [2.24, 2.45) is 5.73 Å². The summed E-state index contributed by atoms with van der Waals surface area (Å²) < 4.78 is 5.19. The van der Waals surface area contributed by atoms with Gasteiger partial charge in [-0.3, -0.25) is 10.7 Å². The molecule has 0 bridgehead atoms. The van der Waals surface area contributed by atoms with Crippen molar-refractivity contribution in [1.29, 1.82) is 5.41 Å². The van der Waals surface area contributed by atoms with E-state index in [2.05, 4.69) is 5.32 Å². The normalized spacial score (nSPS) is 10.9. The van der Waals surface area contributed by atoms with Crippen LogP contribution in [0.1, 0.15) is 31.9 Å². The van der Waals surface area contributed by atoms with Crippen molar-refractivity contribution in [3.05, 3.63) is 29.3 Å². The summed E-state index contributed by atoms with van der Waals surface area (Å²) in [4.78, 5) is 11.7. The molecular formula is C14H21N3O2. The first-order chi connectivity index (χ1) is 8.67. The van der Waals surface area contributed by atoms with E-state index in [1.165, 1.54) is 0 Å². The molecule has 5 heteroatoms. The molecule has 0 heterocycles. The van der Waals surface area contributed by atoms with Gasteiger partial charge in [0.25, 0.3) is 0 Å². The summed E-state index contributed by atoms with van der Waals surface area (Å²) in [6, 6.07) is 5.52. The lowest BCUT2D eigenvalue weighted by Gasteiger charge is -2.20. The molecular weight excluding hydrogens is 242 g/mol. The van der Waals surface area contributed by atoms with E-state index in [-0.39, 0.29) is 5.84 Å². The summed E-state index contributed by atoms with van der Waals surface area (Å²) in [5.74, 6) is 0.118. The highest BCUT2D eigenvalue weighted by Gasteiger charge is 2.16. The standard InChI is InChI=1S/C14H21N3O2/c1-9-7-10(8-12(15)16)5-6-11(9)17-13(18)19-14(2,3)4/h5-7H,8H2,1-4H3,(H3,15,16)(H,17,18). The number of hydrogen-bond acceptors (Lipinski definition) is 3. The Morgan fingerprint density at radius 2 is 2.05 bits per heavy atom. The number of nitrogens with two attached hydrogens (primary N) is 1. The van der Waals surface area contributed by atoms with E-state index in [1.807, 2.05) is 39.8 Å². The van der Waals surface area contributed by atoms with Gasteiger partial charge in [0.05, 0.1) is 5.84 Å². The molecule has 0 aliphatic rings. The summed E-state index contributed by atoms with van der Waals surface area (Å²) >= 11 is 0. The number of nitrogens with one attached hydrogen (secondary N) is 2. The molecule has 0 spiro atoms. The van der Waals surface area contributed by atoms with Crippen molar-refractivity contribution < 1.29 is 9.53 Å². The molecule has 0 aliphatic carbocycles. The molecule has 0 radical (unpaired) electrons. The predicted octanol–water partition coefficient (Wildman–Crippen LogP) is 2.82. The molecule has 1 aromatic carbocycles. The van der Waals surface area contributed by atoms with Gasteiger partial charge in [-0.2, -0.15) is 0 Å². The maximum absolute atomic E-state index is 11.7. The van der Waals surface area contributed by atoms with Crippen molar-refractivity contribution in [2.75, 3.05) is 5.32 Å². The van der Waals surface area contributed by atoms with Crippen LogP contribution in [0, 0.1) is 12.3 Å². The van der Waals surface area contributed by atoms with Gasteiger partial charge < -0.3 is 10.5 Å². The summed E-state index contributed by atoms with van der Waals surface area (Å²) in [5, 5.41) is 9.96. The molecule has 0 saturated heterocycles. The third-order valence-electron chi connectivity index (χ3n) is 2.32. The number of benzene rings is 1. The number of carbonyl (C=O) groups is 1. The van der Waals surface area contributed by atoms with Gasteiger partial charge in [0.2, 0.25) is 0 Å². The number of anilines is 1. The van der Waals surface area contributed by atoms with Gasteiger partial charge in [0.1, 0.15) is 5.60 Å². The smallest absolute Gasteiger partial charge is 0.412 e. The molecule has 0 fully saturated rings. The lowest BCUT2D eigenvalue weighted by Crippen LogP contribution is -2.27. The molecule has 0 aliphatic heterocycles. The van der Waals surface area contributed by atoms with E-state index in [4.69, 9.17) is 15.9 Å². The average molecular weight is 263 g/mol. The lowest BCUT2D eigenvalue weighted by atomic mass is 10.1. The van der Waals surface area contributed by atoms with Crippen molar-refractivity contribution in [3.8, 4) is 0 Å². The molecule has 0 aromatic heterocycles. The van der Waals surface area contributed by atoms with Crippen LogP contribution >= 0.6 is 0 Å². The monoisotopic (exact) mass is 263 g/mol. The van der Waals surface area contributed by atoms with Gasteiger partial charge in [-0.25, -0.2) is 4.79 Å². The third kappa shape index (κ3) is 5.42. The summed E-state index contributed by atoms with van der Waals surface area (Å²) in [6.07, 6.45) is -0.0667. The van der Waals surface area contributed by atoms with Crippen LogP contribution in [-0.4, -0.2) is 17.5 Å². The minimum Gasteiger partial charge on any atom is -0.444 e. The number of rotatable bonds is 3. The van der Waals surface area contributed by atoms with E-state index < -0.39 is 11.7 Å². The summed E-state index contributed by atoms with van der Waals surface area (Å²) in [5.41, 5.74) is 7.38. The number of amides is 1. The molecule has 1 rings (SSSR count). The van der Waals surface area contributed by atoms with Crippen LogP contribution in [-0.2, 0) is 11.2 Å². The summed E-state index contributed by atoms with van der Waals surface area (Å²) in [7, 11) is 0. The number of ether oxygens (including phenoxy) is 1.